The first kappa shape index (κ1) is 13.8. The van der Waals surface area contributed by atoms with Crippen LogP contribution in [0, 0.1) is 12.7 Å². The van der Waals surface area contributed by atoms with Crippen LogP contribution in [0.4, 0.5) is 4.39 Å². The molecule has 0 radical (unpaired) electrons. The van der Waals surface area contributed by atoms with Crippen molar-refractivity contribution in [3.05, 3.63) is 57.8 Å². The maximum absolute atomic E-state index is 13.2. The lowest BCUT2D eigenvalue weighted by molar-refractivity contribution is 0.625. The number of benzene rings is 1. The van der Waals surface area contributed by atoms with E-state index >= 15 is 0 Å². The molecule has 0 fully saturated rings. The highest BCUT2D eigenvalue weighted by Crippen LogP contribution is 2.32. The average molecular weight is 279 g/mol. The Balaban J connectivity index is 2.26. The van der Waals surface area contributed by atoms with Gasteiger partial charge in [0.15, 0.2) is 5.16 Å². The molecule has 0 saturated heterocycles. The molecule has 2 rings (SSSR count). The highest BCUT2D eigenvalue weighted by Gasteiger charge is 2.14. The molecule has 1 heterocycles. The van der Waals surface area contributed by atoms with Gasteiger partial charge in [0.05, 0.1) is 0 Å². The quantitative estimate of drug-likeness (QED) is 0.663. The molecule has 100 valence electrons. The molecule has 0 aliphatic carbocycles. The van der Waals surface area contributed by atoms with Gasteiger partial charge in [-0.1, -0.05) is 23.9 Å². The van der Waals surface area contributed by atoms with Crippen molar-refractivity contribution < 1.29 is 4.39 Å². The number of H-pyrrole nitrogens is 1. The maximum Gasteiger partial charge on any atom is 0.251 e. The molecule has 4 nitrogen and oxygen atoms in total. The van der Waals surface area contributed by atoms with Gasteiger partial charge in [0.2, 0.25) is 0 Å². The van der Waals surface area contributed by atoms with Gasteiger partial charge in [0.1, 0.15) is 5.82 Å². The Morgan fingerprint density at radius 3 is 2.89 bits per heavy atom. The maximum atomic E-state index is 13.2. The second kappa shape index (κ2) is 5.99. The molecule has 1 aromatic heterocycles. The highest BCUT2D eigenvalue weighted by atomic mass is 32.2. The second-order valence-corrected chi connectivity index (χ2v) is 5.28. The number of aryl methyl sites for hydroxylation is 1. The smallest absolute Gasteiger partial charge is 0.251 e. The van der Waals surface area contributed by atoms with Crippen molar-refractivity contribution in [3.8, 4) is 0 Å². The van der Waals surface area contributed by atoms with Crippen LogP contribution in [0.15, 0.2) is 40.3 Å². The van der Waals surface area contributed by atoms with Crippen molar-refractivity contribution in [1.82, 2.24) is 9.97 Å². The zero-order valence-corrected chi connectivity index (χ0v) is 11.2. The van der Waals surface area contributed by atoms with E-state index in [0.29, 0.717) is 17.4 Å². The molecule has 0 amide bonds. The first-order valence-corrected chi connectivity index (χ1v) is 6.66. The highest BCUT2D eigenvalue weighted by molar-refractivity contribution is 7.99. The Hall–Kier alpha value is -1.66. The molecule has 1 unspecified atom stereocenters. The molecule has 19 heavy (non-hydrogen) atoms. The van der Waals surface area contributed by atoms with Crippen LogP contribution in [0.3, 0.4) is 0 Å². The van der Waals surface area contributed by atoms with Crippen LogP contribution in [0.25, 0.3) is 0 Å². The SMILES string of the molecule is Cc1cc(=O)[nH]c(SC(CN)c2cccc(F)c2)n1. The lowest BCUT2D eigenvalue weighted by atomic mass is 10.1. The Morgan fingerprint density at radius 1 is 1.47 bits per heavy atom. The van der Waals surface area contributed by atoms with Gasteiger partial charge >= 0.3 is 0 Å². The summed E-state index contributed by atoms with van der Waals surface area (Å²) in [4.78, 5) is 18.2. The molecule has 6 heteroatoms. The van der Waals surface area contributed by atoms with Crippen LogP contribution in [-0.4, -0.2) is 16.5 Å². The molecule has 0 spiro atoms. The van der Waals surface area contributed by atoms with Crippen LogP contribution in [0.2, 0.25) is 0 Å². The predicted molar refractivity (Wildman–Crippen MR) is 73.6 cm³/mol. The zero-order valence-electron chi connectivity index (χ0n) is 10.4. The van der Waals surface area contributed by atoms with E-state index in [1.54, 1.807) is 13.0 Å². The van der Waals surface area contributed by atoms with Crippen molar-refractivity contribution in [2.75, 3.05) is 6.54 Å². The fraction of sp³-hybridized carbons (Fsp3) is 0.231. The largest absolute Gasteiger partial charge is 0.329 e. The number of aromatic amines is 1. The van der Waals surface area contributed by atoms with Gasteiger partial charge in [-0.25, -0.2) is 9.37 Å². The van der Waals surface area contributed by atoms with Crippen molar-refractivity contribution in [1.29, 1.82) is 0 Å². The van der Waals surface area contributed by atoms with Crippen molar-refractivity contribution in [2.45, 2.75) is 17.3 Å². The van der Waals surface area contributed by atoms with Crippen LogP contribution in [-0.2, 0) is 0 Å². The van der Waals surface area contributed by atoms with E-state index in [2.05, 4.69) is 9.97 Å². The third kappa shape index (κ3) is 3.65. The number of nitrogens with zero attached hydrogens (tertiary/aromatic N) is 1. The van der Waals surface area contributed by atoms with Crippen LogP contribution in [0.5, 0.6) is 0 Å². The number of aromatic nitrogens is 2. The van der Waals surface area contributed by atoms with Crippen molar-refractivity contribution in [3.63, 3.8) is 0 Å². The fourth-order valence-corrected chi connectivity index (χ4v) is 2.71. The Labute approximate surface area is 114 Å². The normalized spacial score (nSPS) is 12.4. The van der Waals surface area contributed by atoms with Gasteiger partial charge in [-0.15, -0.1) is 0 Å². The van der Waals surface area contributed by atoms with Crippen molar-refractivity contribution >= 4 is 11.8 Å². The lowest BCUT2D eigenvalue weighted by Crippen LogP contribution is -2.13. The summed E-state index contributed by atoms with van der Waals surface area (Å²) in [6, 6.07) is 7.69. The molecule has 1 aromatic carbocycles. The molecule has 0 saturated carbocycles. The number of hydrogen-bond donors (Lipinski definition) is 2. The molecule has 2 aromatic rings. The van der Waals surface area contributed by atoms with Gasteiger partial charge in [0, 0.05) is 23.6 Å². The lowest BCUT2D eigenvalue weighted by Gasteiger charge is -2.14. The number of halogens is 1. The Morgan fingerprint density at radius 2 is 2.26 bits per heavy atom. The standard InChI is InChI=1S/C13H14FN3OS/c1-8-5-12(18)17-13(16-8)19-11(7-15)9-3-2-4-10(14)6-9/h2-6,11H,7,15H2,1H3,(H,16,17,18). The molecular formula is C13H14FN3OS. The summed E-state index contributed by atoms with van der Waals surface area (Å²) >= 11 is 1.32. The van der Waals surface area contributed by atoms with Gasteiger partial charge in [-0.05, 0) is 24.6 Å². The first-order chi connectivity index (χ1) is 9.08. The van der Waals surface area contributed by atoms with Gasteiger partial charge in [-0.3, -0.25) is 4.79 Å². The third-order valence-corrected chi connectivity index (χ3v) is 3.70. The third-order valence-electron chi connectivity index (χ3n) is 2.54. The van der Waals surface area contributed by atoms with Gasteiger partial charge in [-0.2, -0.15) is 0 Å². The van der Waals surface area contributed by atoms with E-state index in [-0.39, 0.29) is 16.6 Å². The van der Waals surface area contributed by atoms with E-state index in [4.69, 9.17) is 5.73 Å². The van der Waals surface area contributed by atoms with Gasteiger partial charge in [0.25, 0.3) is 5.56 Å². The molecule has 0 aliphatic heterocycles. The van der Waals surface area contributed by atoms with Crippen LogP contribution >= 0.6 is 11.8 Å². The second-order valence-electron chi connectivity index (χ2n) is 4.09. The van der Waals surface area contributed by atoms with Gasteiger partial charge < -0.3 is 10.7 Å². The summed E-state index contributed by atoms with van der Waals surface area (Å²) in [5.41, 5.74) is 6.93. The number of rotatable bonds is 4. The minimum atomic E-state index is -0.303. The Kier molecular flexibility index (Phi) is 4.34. The topological polar surface area (TPSA) is 71.8 Å². The summed E-state index contributed by atoms with van der Waals surface area (Å²) in [5.74, 6) is -0.303. The van der Waals surface area contributed by atoms with E-state index < -0.39 is 0 Å². The number of thioether (sulfide) groups is 1. The van der Waals surface area contributed by atoms with E-state index in [1.165, 1.54) is 30.0 Å². The summed E-state index contributed by atoms with van der Waals surface area (Å²) in [6.45, 7) is 2.07. The monoisotopic (exact) mass is 279 g/mol. The first-order valence-electron chi connectivity index (χ1n) is 5.78. The zero-order chi connectivity index (χ0) is 13.8. The van der Waals surface area contributed by atoms with Crippen molar-refractivity contribution in [2.24, 2.45) is 5.73 Å². The Bertz CT molecular complexity index is 629. The van der Waals surface area contributed by atoms with Crippen LogP contribution < -0.4 is 11.3 Å². The molecule has 0 bridgehead atoms. The molecule has 3 N–H and O–H groups in total. The minimum absolute atomic E-state index is 0.152. The average Bonchev–Trinajstić information content (AvgIpc) is 2.34. The summed E-state index contributed by atoms with van der Waals surface area (Å²) in [6.07, 6.45) is 0. The van der Waals surface area contributed by atoms with Crippen LogP contribution in [0.1, 0.15) is 16.5 Å². The molecule has 1 atom stereocenters. The summed E-state index contributed by atoms with van der Waals surface area (Å²) < 4.78 is 13.2. The van der Waals surface area contributed by atoms with E-state index in [9.17, 15) is 9.18 Å². The van der Waals surface area contributed by atoms with E-state index in [1.807, 2.05) is 6.07 Å². The number of nitrogens with two attached hydrogens (primary N) is 1. The predicted octanol–water partition coefficient (Wildman–Crippen LogP) is 2.01. The fourth-order valence-electron chi connectivity index (χ4n) is 1.70. The summed E-state index contributed by atoms with van der Waals surface area (Å²) in [7, 11) is 0. The molecule has 0 aliphatic rings. The molecular weight excluding hydrogens is 265 g/mol. The van der Waals surface area contributed by atoms with E-state index in [0.717, 1.165) is 5.56 Å². The number of nitrogens with one attached hydrogen (secondary N) is 1. The minimum Gasteiger partial charge on any atom is -0.329 e. The summed E-state index contributed by atoms with van der Waals surface area (Å²) in [5, 5.41) is 0.338. The number of hydrogen-bond acceptors (Lipinski definition) is 4.